The van der Waals surface area contributed by atoms with Crippen molar-refractivity contribution < 1.29 is 9.53 Å². The van der Waals surface area contributed by atoms with Gasteiger partial charge >= 0.3 is 5.97 Å². The van der Waals surface area contributed by atoms with E-state index < -0.39 is 0 Å². The summed E-state index contributed by atoms with van der Waals surface area (Å²) in [5.41, 5.74) is 4.11. The zero-order valence-corrected chi connectivity index (χ0v) is 12.6. The van der Waals surface area contributed by atoms with Crippen molar-refractivity contribution in [2.24, 2.45) is 11.8 Å². The van der Waals surface area contributed by atoms with E-state index in [1.807, 2.05) is 6.92 Å². The smallest absolute Gasteiger partial charge is 0.310 e. The highest BCUT2D eigenvalue weighted by Crippen LogP contribution is 2.15. The van der Waals surface area contributed by atoms with Crippen LogP contribution in [0.1, 0.15) is 59.8 Å². The van der Waals surface area contributed by atoms with Gasteiger partial charge in [-0.2, -0.15) is 0 Å². The molecule has 0 aliphatic carbocycles. The standard InChI is InChI=1S/C16H28O2/c1-13(2)8-6-9-14(3)10-7-11-15(4)12-16(17)18-5/h7,13-14H,6,8-10,12H2,1-5H3. The minimum atomic E-state index is -0.196. The Morgan fingerprint density at radius 2 is 1.94 bits per heavy atom. The summed E-state index contributed by atoms with van der Waals surface area (Å²) >= 11 is 0. The van der Waals surface area contributed by atoms with Crippen molar-refractivity contribution in [2.45, 2.75) is 59.8 Å². The number of hydrogen-bond donors (Lipinski definition) is 0. The molecular weight excluding hydrogens is 224 g/mol. The summed E-state index contributed by atoms with van der Waals surface area (Å²) < 4.78 is 4.61. The van der Waals surface area contributed by atoms with E-state index in [0.29, 0.717) is 12.3 Å². The van der Waals surface area contributed by atoms with Gasteiger partial charge in [0.2, 0.25) is 0 Å². The quantitative estimate of drug-likeness (QED) is 0.469. The lowest BCUT2D eigenvalue weighted by Gasteiger charge is -2.09. The van der Waals surface area contributed by atoms with Gasteiger partial charge in [0.15, 0.2) is 0 Å². The first-order chi connectivity index (χ1) is 8.45. The molecule has 0 aromatic heterocycles. The summed E-state index contributed by atoms with van der Waals surface area (Å²) in [5.74, 6) is 1.30. The Balaban J connectivity index is 3.91. The molecule has 0 spiro atoms. The van der Waals surface area contributed by atoms with Gasteiger partial charge < -0.3 is 4.74 Å². The molecule has 0 amide bonds. The number of hydrogen-bond acceptors (Lipinski definition) is 2. The van der Waals surface area contributed by atoms with Gasteiger partial charge in [-0.25, -0.2) is 0 Å². The van der Waals surface area contributed by atoms with Gasteiger partial charge in [0, 0.05) is 0 Å². The van der Waals surface area contributed by atoms with Crippen LogP contribution < -0.4 is 0 Å². The van der Waals surface area contributed by atoms with Gasteiger partial charge in [-0.1, -0.05) is 40.0 Å². The van der Waals surface area contributed by atoms with E-state index in [4.69, 9.17) is 0 Å². The third-order valence-electron chi connectivity index (χ3n) is 2.98. The monoisotopic (exact) mass is 252 g/mol. The van der Waals surface area contributed by atoms with Crippen LogP contribution in [-0.2, 0) is 9.53 Å². The lowest BCUT2D eigenvalue weighted by molar-refractivity contribution is -0.139. The normalized spacial score (nSPS) is 11.9. The van der Waals surface area contributed by atoms with Gasteiger partial charge in [-0.05, 0) is 36.8 Å². The number of methoxy groups -OCH3 is 1. The average Bonchev–Trinajstić information content (AvgIpc) is 2.28. The highest BCUT2D eigenvalue weighted by molar-refractivity contribution is 5.71. The molecular formula is C16H28O2. The van der Waals surface area contributed by atoms with Crippen LogP contribution in [0.15, 0.2) is 17.4 Å². The van der Waals surface area contributed by atoms with E-state index in [-0.39, 0.29) is 5.97 Å². The van der Waals surface area contributed by atoms with Crippen LogP contribution in [0.2, 0.25) is 0 Å². The Labute approximate surface area is 112 Å². The molecule has 0 aromatic rings. The molecule has 104 valence electrons. The molecule has 18 heavy (non-hydrogen) atoms. The van der Waals surface area contributed by atoms with E-state index in [2.05, 4.69) is 37.3 Å². The summed E-state index contributed by atoms with van der Waals surface area (Å²) in [4.78, 5) is 11.0. The van der Waals surface area contributed by atoms with Crippen molar-refractivity contribution in [3.05, 3.63) is 17.4 Å². The molecule has 0 bridgehead atoms. The Bertz CT molecular complexity index is 296. The molecule has 0 aliphatic rings. The molecule has 0 saturated carbocycles. The molecule has 0 saturated heterocycles. The largest absolute Gasteiger partial charge is 0.469 e. The molecule has 1 unspecified atom stereocenters. The van der Waals surface area contributed by atoms with Crippen molar-refractivity contribution in [1.29, 1.82) is 0 Å². The van der Waals surface area contributed by atoms with E-state index in [9.17, 15) is 4.79 Å². The number of rotatable bonds is 8. The Kier molecular flexibility index (Phi) is 9.40. The number of carbonyl (C=O) groups excluding carboxylic acids is 1. The van der Waals surface area contributed by atoms with Crippen LogP contribution in [-0.4, -0.2) is 13.1 Å². The minimum absolute atomic E-state index is 0.196. The molecule has 0 rings (SSSR count). The van der Waals surface area contributed by atoms with Crippen LogP contribution >= 0.6 is 0 Å². The zero-order valence-electron chi connectivity index (χ0n) is 12.6. The van der Waals surface area contributed by atoms with Crippen molar-refractivity contribution in [1.82, 2.24) is 0 Å². The first-order valence-electron chi connectivity index (χ1n) is 6.93. The van der Waals surface area contributed by atoms with Crippen LogP contribution in [0, 0.1) is 11.8 Å². The molecule has 0 fully saturated rings. The molecule has 0 aliphatic heterocycles. The second-order valence-electron chi connectivity index (χ2n) is 5.55. The van der Waals surface area contributed by atoms with Crippen molar-refractivity contribution >= 4 is 5.97 Å². The van der Waals surface area contributed by atoms with Gasteiger partial charge in [0.1, 0.15) is 0 Å². The number of ether oxygens (including phenoxy) is 1. The van der Waals surface area contributed by atoms with Crippen LogP contribution in [0.5, 0.6) is 0 Å². The maximum atomic E-state index is 11.0. The number of carbonyl (C=O) groups is 1. The van der Waals surface area contributed by atoms with E-state index in [1.54, 1.807) is 0 Å². The summed E-state index contributed by atoms with van der Waals surface area (Å²) in [6.07, 6.45) is 7.32. The molecule has 0 radical (unpaired) electrons. The molecule has 0 heterocycles. The second kappa shape index (κ2) is 9.96. The Hall–Kier alpha value is -1.01. The van der Waals surface area contributed by atoms with Crippen molar-refractivity contribution in [3.8, 4) is 0 Å². The predicted octanol–water partition coefficient (Wildman–Crippen LogP) is 4.50. The van der Waals surface area contributed by atoms with Crippen LogP contribution in [0.4, 0.5) is 0 Å². The van der Waals surface area contributed by atoms with Crippen molar-refractivity contribution in [3.63, 3.8) is 0 Å². The fourth-order valence-corrected chi connectivity index (χ4v) is 1.77. The highest BCUT2D eigenvalue weighted by atomic mass is 16.5. The fraction of sp³-hybridized carbons (Fsp3) is 0.750. The summed E-state index contributed by atoms with van der Waals surface area (Å²) in [7, 11) is 1.41. The third kappa shape index (κ3) is 10.2. The zero-order chi connectivity index (χ0) is 14.0. The summed E-state index contributed by atoms with van der Waals surface area (Å²) in [6, 6.07) is 0. The molecule has 2 nitrogen and oxygen atoms in total. The average molecular weight is 252 g/mol. The lowest BCUT2D eigenvalue weighted by atomic mass is 9.97. The molecule has 1 atom stereocenters. The van der Waals surface area contributed by atoms with Crippen LogP contribution in [0.25, 0.3) is 0 Å². The summed E-state index contributed by atoms with van der Waals surface area (Å²) in [5, 5.41) is 0. The van der Waals surface area contributed by atoms with Gasteiger partial charge in [-0.3, -0.25) is 4.79 Å². The van der Waals surface area contributed by atoms with Gasteiger partial charge in [0.25, 0.3) is 0 Å². The third-order valence-corrected chi connectivity index (χ3v) is 2.98. The van der Waals surface area contributed by atoms with E-state index in [1.165, 1.54) is 26.4 Å². The molecule has 0 aromatic carbocycles. The predicted molar refractivity (Wildman–Crippen MR) is 76.4 cm³/mol. The topological polar surface area (TPSA) is 26.3 Å². The fourth-order valence-electron chi connectivity index (χ4n) is 1.77. The van der Waals surface area contributed by atoms with E-state index >= 15 is 0 Å². The second-order valence-corrected chi connectivity index (χ2v) is 5.55. The Morgan fingerprint density at radius 3 is 2.50 bits per heavy atom. The Morgan fingerprint density at radius 1 is 1.28 bits per heavy atom. The van der Waals surface area contributed by atoms with Gasteiger partial charge in [0.05, 0.1) is 13.5 Å². The highest BCUT2D eigenvalue weighted by Gasteiger charge is 2.02. The maximum Gasteiger partial charge on any atom is 0.310 e. The van der Waals surface area contributed by atoms with Crippen molar-refractivity contribution in [2.75, 3.05) is 7.11 Å². The molecule has 2 heteroatoms. The minimum Gasteiger partial charge on any atom is -0.469 e. The lowest BCUT2D eigenvalue weighted by Crippen LogP contribution is -1.99. The SMILES string of the molecule is COC(=O)CC(C)=C=CCC(C)CCCC(C)C. The number of esters is 1. The summed E-state index contributed by atoms with van der Waals surface area (Å²) in [6.45, 7) is 8.72. The van der Waals surface area contributed by atoms with Crippen LogP contribution in [0.3, 0.4) is 0 Å². The maximum absolute atomic E-state index is 11.0. The first-order valence-corrected chi connectivity index (χ1v) is 6.93. The van der Waals surface area contributed by atoms with E-state index in [0.717, 1.165) is 17.9 Å². The first kappa shape index (κ1) is 17.0. The van der Waals surface area contributed by atoms with Gasteiger partial charge in [-0.15, -0.1) is 5.73 Å². The molecule has 0 N–H and O–H groups in total.